The van der Waals surface area contributed by atoms with Crippen molar-refractivity contribution in [2.75, 3.05) is 20.2 Å². The zero-order chi connectivity index (χ0) is 18.6. The Morgan fingerprint density at radius 3 is 2.67 bits per heavy atom. The second-order valence-electron chi connectivity index (χ2n) is 6.39. The number of benzene rings is 2. The van der Waals surface area contributed by atoms with E-state index in [0.717, 1.165) is 11.4 Å². The van der Waals surface area contributed by atoms with Crippen molar-refractivity contribution in [1.29, 1.82) is 0 Å². The van der Waals surface area contributed by atoms with Crippen LogP contribution >= 0.6 is 0 Å². The van der Waals surface area contributed by atoms with Gasteiger partial charge in [-0.25, -0.2) is 4.68 Å². The van der Waals surface area contributed by atoms with E-state index in [-0.39, 0.29) is 11.9 Å². The van der Waals surface area contributed by atoms with Crippen molar-refractivity contribution in [3.8, 4) is 11.5 Å². The summed E-state index contributed by atoms with van der Waals surface area (Å²) >= 11 is 0. The van der Waals surface area contributed by atoms with Gasteiger partial charge < -0.3 is 14.4 Å². The summed E-state index contributed by atoms with van der Waals surface area (Å²) in [7, 11) is 1.59. The fraction of sp³-hybridized carbons (Fsp3) is 0.250. The van der Waals surface area contributed by atoms with Crippen LogP contribution in [0.5, 0.6) is 11.5 Å². The van der Waals surface area contributed by atoms with Gasteiger partial charge in [-0.15, -0.1) is 5.10 Å². The van der Waals surface area contributed by atoms with Crippen molar-refractivity contribution < 1.29 is 14.3 Å². The summed E-state index contributed by atoms with van der Waals surface area (Å²) < 4.78 is 12.7. The third-order valence-corrected chi connectivity index (χ3v) is 4.53. The predicted molar refractivity (Wildman–Crippen MR) is 98.7 cm³/mol. The summed E-state index contributed by atoms with van der Waals surface area (Å²) in [6.45, 7) is 1.58. The summed E-state index contributed by atoms with van der Waals surface area (Å²) in [5, 5.41) is 8.33. The topological polar surface area (TPSA) is 69.5 Å². The standard InChI is InChI=1S/C20H20N4O3/c1-26-19-9-5-6-15(10-19)20(25)23-12-17(13-23)24-11-16(21-22-24)14-27-18-7-3-2-4-8-18/h2-11,17H,12-14H2,1H3. The number of carbonyl (C=O) groups excluding carboxylic acids is 1. The number of rotatable bonds is 6. The largest absolute Gasteiger partial charge is 0.497 e. The van der Waals surface area contributed by atoms with Gasteiger partial charge in [0.15, 0.2) is 0 Å². The minimum Gasteiger partial charge on any atom is -0.497 e. The predicted octanol–water partition coefficient (Wildman–Crippen LogP) is 2.56. The molecule has 0 saturated carbocycles. The Morgan fingerprint density at radius 1 is 1.11 bits per heavy atom. The number of ether oxygens (including phenoxy) is 2. The molecular weight excluding hydrogens is 344 g/mol. The van der Waals surface area contributed by atoms with Crippen LogP contribution in [0.15, 0.2) is 60.8 Å². The fourth-order valence-corrected chi connectivity index (χ4v) is 2.96. The van der Waals surface area contributed by atoms with Gasteiger partial charge in [-0.2, -0.15) is 0 Å². The Balaban J connectivity index is 1.32. The van der Waals surface area contributed by atoms with E-state index >= 15 is 0 Å². The lowest BCUT2D eigenvalue weighted by molar-refractivity contribution is 0.0498. The molecule has 1 amide bonds. The molecule has 0 aliphatic carbocycles. The molecule has 7 heteroatoms. The molecule has 27 heavy (non-hydrogen) atoms. The molecule has 2 aromatic carbocycles. The molecule has 0 N–H and O–H groups in total. The van der Waals surface area contributed by atoms with Crippen LogP contribution < -0.4 is 9.47 Å². The van der Waals surface area contributed by atoms with Crippen LogP contribution in [0.4, 0.5) is 0 Å². The SMILES string of the molecule is COc1cccc(C(=O)N2CC(n3cc(COc4ccccc4)nn3)C2)c1. The first-order chi connectivity index (χ1) is 13.2. The van der Waals surface area contributed by atoms with Crippen LogP contribution in [-0.2, 0) is 6.61 Å². The quantitative estimate of drug-likeness (QED) is 0.672. The van der Waals surface area contributed by atoms with Gasteiger partial charge >= 0.3 is 0 Å². The average Bonchev–Trinajstić information content (AvgIpc) is 3.14. The molecule has 0 radical (unpaired) electrons. The second-order valence-corrected chi connectivity index (χ2v) is 6.39. The Labute approximate surface area is 157 Å². The molecule has 2 heterocycles. The lowest BCUT2D eigenvalue weighted by atomic mass is 10.1. The second kappa shape index (κ2) is 7.49. The Morgan fingerprint density at radius 2 is 1.89 bits per heavy atom. The number of hydrogen-bond donors (Lipinski definition) is 0. The lowest BCUT2D eigenvalue weighted by Gasteiger charge is -2.38. The van der Waals surface area contributed by atoms with Gasteiger partial charge in [0.1, 0.15) is 23.8 Å². The molecule has 7 nitrogen and oxygen atoms in total. The van der Waals surface area contributed by atoms with Crippen LogP contribution in [0, 0.1) is 0 Å². The molecule has 0 spiro atoms. The van der Waals surface area contributed by atoms with E-state index in [1.165, 1.54) is 0 Å². The van der Waals surface area contributed by atoms with Crippen molar-refractivity contribution in [3.63, 3.8) is 0 Å². The summed E-state index contributed by atoms with van der Waals surface area (Å²) in [5.74, 6) is 1.47. The van der Waals surface area contributed by atoms with Crippen molar-refractivity contribution in [1.82, 2.24) is 19.9 Å². The number of para-hydroxylation sites is 1. The van der Waals surface area contributed by atoms with Crippen molar-refractivity contribution in [2.24, 2.45) is 0 Å². The molecule has 0 unspecified atom stereocenters. The zero-order valence-electron chi connectivity index (χ0n) is 15.0. The lowest BCUT2D eigenvalue weighted by Crippen LogP contribution is -2.50. The molecule has 4 rings (SSSR count). The monoisotopic (exact) mass is 364 g/mol. The van der Waals surface area contributed by atoms with Gasteiger partial charge in [-0.05, 0) is 30.3 Å². The van der Waals surface area contributed by atoms with E-state index < -0.39 is 0 Å². The number of likely N-dealkylation sites (tertiary alicyclic amines) is 1. The minimum absolute atomic E-state index is 0.00194. The minimum atomic E-state index is -0.00194. The van der Waals surface area contributed by atoms with Gasteiger partial charge in [0.25, 0.3) is 5.91 Å². The van der Waals surface area contributed by atoms with Crippen LogP contribution in [0.3, 0.4) is 0 Å². The van der Waals surface area contributed by atoms with Gasteiger partial charge in [0.05, 0.1) is 19.3 Å². The number of aromatic nitrogens is 3. The number of methoxy groups -OCH3 is 1. The Kier molecular flexibility index (Phi) is 4.74. The van der Waals surface area contributed by atoms with Crippen molar-refractivity contribution in [3.05, 3.63) is 72.1 Å². The Hall–Kier alpha value is -3.35. The maximum Gasteiger partial charge on any atom is 0.254 e. The molecule has 1 aliphatic heterocycles. The molecular formula is C20H20N4O3. The van der Waals surface area contributed by atoms with Gasteiger partial charge in [0.2, 0.25) is 0 Å². The molecule has 1 aliphatic rings. The highest BCUT2D eigenvalue weighted by molar-refractivity contribution is 5.95. The highest BCUT2D eigenvalue weighted by atomic mass is 16.5. The number of amides is 1. The molecule has 138 valence electrons. The van der Waals surface area contributed by atoms with E-state index in [1.807, 2.05) is 48.7 Å². The third kappa shape index (κ3) is 3.76. The van der Waals surface area contributed by atoms with Crippen molar-refractivity contribution >= 4 is 5.91 Å². The fourth-order valence-electron chi connectivity index (χ4n) is 2.96. The maximum atomic E-state index is 12.5. The Bertz CT molecular complexity index is 920. The molecule has 1 aromatic heterocycles. The van der Waals surface area contributed by atoms with Gasteiger partial charge in [-0.3, -0.25) is 4.79 Å². The van der Waals surface area contributed by atoms with Crippen LogP contribution in [0.1, 0.15) is 22.1 Å². The molecule has 0 atom stereocenters. The van der Waals surface area contributed by atoms with Gasteiger partial charge in [0, 0.05) is 18.7 Å². The zero-order valence-corrected chi connectivity index (χ0v) is 15.0. The molecule has 1 saturated heterocycles. The van der Waals surface area contributed by atoms with E-state index in [0.29, 0.717) is 31.0 Å². The maximum absolute atomic E-state index is 12.5. The van der Waals surface area contributed by atoms with Crippen molar-refractivity contribution in [2.45, 2.75) is 12.6 Å². The number of hydrogen-bond acceptors (Lipinski definition) is 5. The van der Waals surface area contributed by atoms with Crippen LogP contribution in [0.2, 0.25) is 0 Å². The van der Waals surface area contributed by atoms with Crippen LogP contribution in [-0.4, -0.2) is 46.0 Å². The van der Waals surface area contributed by atoms with E-state index in [4.69, 9.17) is 9.47 Å². The molecule has 3 aromatic rings. The van der Waals surface area contributed by atoms with Crippen LogP contribution in [0.25, 0.3) is 0 Å². The van der Waals surface area contributed by atoms with E-state index in [2.05, 4.69) is 10.3 Å². The highest BCUT2D eigenvalue weighted by Gasteiger charge is 2.33. The first kappa shape index (κ1) is 17.1. The number of nitrogens with zero attached hydrogens (tertiary/aromatic N) is 4. The summed E-state index contributed by atoms with van der Waals surface area (Å²) in [6.07, 6.45) is 1.88. The summed E-state index contributed by atoms with van der Waals surface area (Å²) in [5.41, 5.74) is 1.39. The normalized spacial score (nSPS) is 13.9. The summed E-state index contributed by atoms with van der Waals surface area (Å²) in [6, 6.07) is 16.9. The third-order valence-electron chi connectivity index (χ3n) is 4.53. The first-order valence-electron chi connectivity index (χ1n) is 8.75. The smallest absolute Gasteiger partial charge is 0.254 e. The molecule has 1 fully saturated rings. The number of carbonyl (C=O) groups is 1. The first-order valence-corrected chi connectivity index (χ1v) is 8.75. The van der Waals surface area contributed by atoms with Gasteiger partial charge in [-0.1, -0.05) is 29.5 Å². The molecule has 0 bridgehead atoms. The van der Waals surface area contributed by atoms with E-state index in [9.17, 15) is 4.79 Å². The highest BCUT2D eigenvalue weighted by Crippen LogP contribution is 2.24. The average molecular weight is 364 g/mol. The summed E-state index contributed by atoms with van der Waals surface area (Å²) in [4.78, 5) is 14.3. The van der Waals surface area contributed by atoms with E-state index in [1.54, 1.807) is 28.8 Å².